The summed E-state index contributed by atoms with van der Waals surface area (Å²) in [5.74, 6) is 0.882. The van der Waals surface area contributed by atoms with E-state index >= 15 is 0 Å². The highest BCUT2D eigenvalue weighted by atomic mass is 16.7. The summed E-state index contributed by atoms with van der Waals surface area (Å²) < 4.78 is 10.5. The van der Waals surface area contributed by atoms with E-state index in [2.05, 4.69) is 11.8 Å². The Morgan fingerprint density at radius 2 is 1.94 bits per heavy atom. The first kappa shape index (κ1) is 14.9. The molecule has 17 heavy (non-hydrogen) atoms. The Labute approximate surface area is 105 Å². The van der Waals surface area contributed by atoms with Crippen molar-refractivity contribution in [3.05, 3.63) is 0 Å². The molecular formula is C13H28N2O2. The Kier molecular flexibility index (Phi) is 7.04. The Bertz CT molecular complexity index is 194. The first-order valence-corrected chi connectivity index (χ1v) is 6.74. The standard InChI is InChI=1S/C13H28N2O2/c1-4-15(10-11-6-5-7-11)12(9-14)8-13(16-2)17-3/h11-13H,4-10,14H2,1-3H3. The fourth-order valence-electron chi connectivity index (χ4n) is 2.45. The van der Waals surface area contributed by atoms with Gasteiger partial charge in [0.05, 0.1) is 0 Å². The SMILES string of the molecule is CCN(CC1CCC1)C(CN)CC(OC)OC. The number of methoxy groups -OCH3 is 2. The van der Waals surface area contributed by atoms with Crippen LogP contribution >= 0.6 is 0 Å². The van der Waals surface area contributed by atoms with Gasteiger partial charge >= 0.3 is 0 Å². The maximum Gasteiger partial charge on any atom is 0.158 e. The number of nitrogens with two attached hydrogens (primary N) is 1. The molecule has 2 N–H and O–H groups in total. The van der Waals surface area contributed by atoms with E-state index in [0.717, 1.165) is 18.9 Å². The Balaban J connectivity index is 2.42. The lowest BCUT2D eigenvalue weighted by molar-refractivity contribution is -0.117. The average molecular weight is 244 g/mol. The maximum atomic E-state index is 5.89. The fourth-order valence-corrected chi connectivity index (χ4v) is 2.45. The van der Waals surface area contributed by atoms with Crippen molar-refractivity contribution in [3.63, 3.8) is 0 Å². The van der Waals surface area contributed by atoms with Gasteiger partial charge < -0.3 is 15.2 Å². The minimum absolute atomic E-state index is 0.140. The molecule has 1 atom stereocenters. The van der Waals surface area contributed by atoms with Crippen molar-refractivity contribution in [1.82, 2.24) is 4.90 Å². The summed E-state index contributed by atoms with van der Waals surface area (Å²) in [5, 5.41) is 0. The van der Waals surface area contributed by atoms with Gasteiger partial charge in [0.25, 0.3) is 0 Å². The van der Waals surface area contributed by atoms with E-state index in [1.807, 2.05) is 0 Å². The van der Waals surface area contributed by atoms with E-state index in [1.54, 1.807) is 14.2 Å². The predicted molar refractivity (Wildman–Crippen MR) is 69.9 cm³/mol. The molecule has 0 bridgehead atoms. The molecule has 1 unspecified atom stereocenters. The maximum absolute atomic E-state index is 5.89. The quantitative estimate of drug-likeness (QED) is 0.624. The number of ether oxygens (including phenoxy) is 2. The van der Waals surface area contributed by atoms with Crippen LogP contribution in [0.2, 0.25) is 0 Å². The lowest BCUT2D eigenvalue weighted by Gasteiger charge is -2.37. The van der Waals surface area contributed by atoms with Crippen LogP contribution in [0.1, 0.15) is 32.6 Å². The van der Waals surface area contributed by atoms with Gasteiger partial charge in [0.15, 0.2) is 6.29 Å². The van der Waals surface area contributed by atoms with Crippen molar-refractivity contribution < 1.29 is 9.47 Å². The van der Waals surface area contributed by atoms with Crippen molar-refractivity contribution in [2.75, 3.05) is 33.9 Å². The van der Waals surface area contributed by atoms with E-state index in [0.29, 0.717) is 12.6 Å². The molecule has 1 aliphatic carbocycles. The summed E-state index contributed by atoms with van der Waals surface area (Å²) in [5.41, 5.74) is 5.89. The van der Waals surface area contributed by atoms with Crippen LogP contribution in [0, 0.1) is 5.92 Å². The second-order valence-corrected chi connectivity index (χ2v) is 4.91. The summed E-state index contributed by atoms with van der Waals surface area (Å²) in [6, 6.07) is 0.366. The lowest BCUT2D eigenvalue weighted by atomic mass is 9.84. The zero-order valence-electron chi connectivity index (χ0n) is 11.5. The van der Waals surface area contributed by atoms with Crippen LogP contribution in [0.3, 0.4) is 0 Å². The van der Waals surface area contributed by atoms with Crippen molar-refractivity contribution in [2.24, 2.45) is 11.7 Å². The molecule has 0 aliphatic heterocycles. The van der Waals surface area contributed by atoms with Crippen LogP contribution in [0.5, 0.6) is 0 Å². The van der Waals surface area contributed by atoms with Gasteiger partial charge in [-0.2, -0.15) is 0 Å². The zero-order chi connectivity index (χ0) is 12.7. The molecule has 4 nitrogen and oxygen atoms in total. The highest BCUT2D eigenvalue weighted by Crippen LogP contribution is 2.28. The fraction of sp³-hybridized carbons (Fsp3) is 1.00. The van der Waals surface area contributed by atoms with Crippen LogP contribution in [0.25, 0.3) is 0 Å². The largest absolute Gasteiger partial charge is 0.356 e. The summed E-state index contributed by atoms with van der Waals surface area (Å²) in [6.07, 6.45) is 4.87. The Hall–Kier alpha value is -0.160. The molecule has 0 spiro atoms. The van der Waals surface area contributed by atoms with Crippen LogP contribution < -0.4 is 5.73 Å². The van der Waals surface area contributed by atoms with Gasteiger partial charge in [0.1, 0.15) is 0 Å². The van der Waals surface area contributed by atoms with Crippen LogP contribution in [-0.4, -0.2) is 51.1 Å². The summed E-state index contributed by atoms with van der Waals surface area (Å²) >= 11 is 0. The first-order valence-electron chi connectivity index (χ1n) is 6.74. The van der Waals surface area contributed by atoms with Crippen LogP contribution in [0.4, 0.5) is 0 Å². The molecule has 0 heterocycles. The van der Waals surface area contributed by atoms with Gasteiger partial charge in [-0.1, -0.05) is 13.3 Å². The van der Waals surface area contributed by atoms with Gasteiger partial charge in [-0.05, 0) is 25.3 Å². The highest BCUT2D eigenvalue weighted by Gasteiger charge is 2.25. The summed E-state index contributed by atoms with van der Waals surface area (Å²) in [4.78, 5) is 2.48. The second kappa shape index (κ2) is 8.03. The van der Waals surface area contributed by atoms with E-state index < -0.39 is 0 Å². The smallest absolute Gasteiger partial charge is 0.158 e. The first-order chi connectivity index (χ1) is 8.24. The molecule has 102 valence electrons. The summed E-state index contributed by atoms with van der Waals surface area (Å²) in [7, 11) is 3.37. The molecule has 1 fully saturated rings. The third-order valence-corrected chi connectivity index (χ3v) is 3.90. The third kappa shape index (κ3) is 4.54. The average Bonchev–Trinajstić information content (AvgIpc) is 2.31. The van der Waals surface area contributed by atoms with Gasteiger partial charge in [-0.15, -0.1) is 0 Å². The Morgan fingerprint density at radius 1 is 1.29 bits per heavy atom. The number of hydrogen-bond donors (Lipinski definition) is 1. The van der Waals surface area contributed by atoms with Gasteiger partial charge in [0.2, 0.25) is 0 Å². The molecule has 1 rings (SSSR count). The lowest BCUT2D eigenvalue weighted by Crippen LogP contribution is -2.46. The normalized spacial score (nSPS) is 18.7. The topological polar surface area (TPSA) is 47.7 Å². The number of nitrogens with zero attached hydrogens (tertiary/aromatic N) is 1. The van der Waals surface area contributed by atoms with Crippen LogP contribution in [0.15, 0.2) is 0 Å². The molecule has 1 saturated carbocycles. The number of likely N-dealkylation sites (N-methyl/N-ethyl adjacent to an activating group) is 1. The molecule has 0 aromatic carbocycles. The molecule has 1 aliphatic rings. The molecule has 0 radical (unpaired) electrons. The van der Waals surface area contributed by atoms with Crippen LogP contribution in [-0.2, 0) is 9.47 Å². The van der Waals surface area contributed by atoms with E-state index in [9.17, 15) is 0 Å². The zero-order valence-corrected chi connectivity index (χ0v) is 11.5. The van der Waals surface area contributed by atoms with Gasteiger partial charge in [-0.25, -0.2) is 0 Å². The number of hydrogen-bond acceptors (Lipinski definition) is 4. The van der Waals surface area contributed by atoms with E-state index in [4.69, 9.17) is 15.2 Å². The highest BCUT2D eigenvalue weighted by molar-refractivity contribution is 4.79. The third-order valence-electron chi connectivity index (χ3n) is 3.90. The second-order valence-electron chi connectivity index (χ2n) is 4.91. The van der Waals surface area contributed by atoms with Crippen molar-refractivity contribution in [1.29, 1.82) is 0 Å². The summed E-state index contributed by atoms with van der Waals surface area (Å²) in [6.45, 7) is 5.11. The molecule has 0 aromatic rings. The molecule has 0 aromatic heterocycles. The van der Waals surface area contributed by atoms with Crippen molar-refractivity contribution in [2.45, 2.75) is 44.9 Å². The van der Waals surface area contributed by atoms with Crippen molar-refractivity contribution >= 4 is 0 Å². The number of rotatable bonds is 9. The van der Waals surface area contributed by atoms with Gasteiger partial charge in [-0.3, -0.25) is 4.90 Å². The monoisotopic (exact) mass is 244 g/mol. The molecule has 4 heteroatoms. The molecule has 0 amide bonds. The Morgan fingerprint density at radius 3 is 2.29 bits per heavy atom. The minimum Gasteiger partial charge on any atom is -0.356 e. The van der Waals surface area contributed by atoms with E-state index in [1.165, 1.54) is 25.8 Å². The molecular weight excluding hydrogens is 216 g/mol. The van der Waals surface area contributed by atoms with Crippen molar-refractivity contribution in [3.8, 4) is 0 Å². The molecule has 0 saturated heterocycles. The van der Waals surface area contributed by atoms with Gasteiger partial charge in [0, 0.05) is 39.8 Å². The minimum atomic E-state index is -0.140. The van der Waals surface area contributed by atoms with E-state index in [-0.39, 0.29) is 6.29 Å². The predicted octanol–water partition coefficient (Wildman–Crippen LogP) is 1.44.